The summed E-state index contributed by atoms with van der Waals surface area (Å²) in [4.78, 5) is 0. The van der Waals surface area contributed by atoms with Crippen molar-refractivity contribution >= 4 is 0 Å². The molecule has 0 unspecified atom stereocenters. The Morgan fingerprint density at radius 3 is 2.87 bits per heavy atom. The zero-order valence-corrected chi connectivity index (χ0v) is 8.79. The molecule has 0 spiro atoms. The minimum absolute atomic E-state index is 0.436. The predicted octanol–water partition coefficient (Wildman–Crippen LogP) is 1.06. The van der Waals surface area contributed by atoms with Gasteiger partial charge in [-0.3, -0.25) is 0 Å². The molecule has 4 nitrogen and oxygen atoms in total. The summed E-state index contributed by atoms with van der Waals surface area (Å²) >= 11 is 0. The summed E-state index contributed by atoms with van der Waals surface area (Å²) in [6, 6.07) is 3.88. The molecule has 4 heteroatoms. The Kier molecular flexibility index (Phi) is 3.08. The third kappa shape index (κ3) is 1.91. The van der Waals surface area contributed by atoms with E-state index in [-0.39, 0.29) is 0 Å². The maximum absolute atomic E-state index is 5.71. The molecule has 82 valence electrons. The second kappa shape index (κ2) is 4.51. The Morgan fingerprint density at radius 2 is 2.13 bits per heavy atom. The van der Waals surface area contributed by atoms with E-state index in [0.29, 0.717) is 26.4 Å². The van der Waals surface area contributed by atoms with Gasteiger partial charge in [-0.05, 0) is 11.6 Å². The molecular formula is C11H15NO3. The number of hydrogen-bond donors (Lipinski definition) is 1. The van der Waals surface area contributed by atoms with Crippen LogP contribution in [-0.4, -0.2) is 20.3 Å². The lowest BCUT2D eigenvalue weighted by atomic mass is 10.1. The van der Waals surface area contributed by atoms with E-state index in [2.05, 4.69) is 0 Å². The fourth-order valence-electron chi connectivity index (χ4n) is 1.73. The van der Waals surface area contributed by atoms with E-state index in [1.807, 2.05) is 12.1 Å². The van der Waals surface area contributed by atoms with Gasteiger partial charge in [-0.15, -0.1) is 0 Å². The summed E-state index contributed by atoms with van der Waals surface area (Å²) in [6.07, 6.45) is 0. The second-order valence-electron chi connectivity index (χ2n) is 3.36. The van der Waals surface area contributed by atoms with Crippen molar-refractivity contribution in [2.45, 2.75) is 13.2 Å². The molecule has 1 heterocycles. The number of methoxy groups -OCH3 is 1. The van der Waals surface area contributed by atoms with Crippen LogP contribution in [0.15, 0.2) is 12.1 Å². The maximum Gasteiger partial charge on any atom is 0.166 e. The molecule has 0 fully saturated rings. The fourth-order valence-corrected chi connectivity index (χ4v) is 1.73. The van der Waals surface area contributed by atoms with Gasteiger partial charge in [0.25, 0.3) is 0 Å². The summed E-state index contributed by atoms with van der Waals surface area (Å²) in [7, 11) is 1.66. The van der Waals surface area contributed by atoms with Crippen LogP contribution in [0.1, 0.15) is 11.1 Å². The van der Waals surface area contributed by atoms with Crippen LogP contribution >= 0.6 is 0 Å². The lowest BCUT2D eigenvalue weighted by Gasteiger charge is -2.22. The maximum atomic E-state index is 5.71. The number of benzene rings is 1. The molecule has 0 radical (unpaired) electrons. The lowest BCUT2D eigenvalue weighted by molar-refractivity contribution is 0.165. The van der Waals surface area contributed by atoms with E-state index in [4.69, 9.17) is 19.9 Å². The van der Waals surface area contributed by atoms with Gasteiger partial charge in [0.1, 0.15) is 13.2 Å². The third-order valence-electron chi connectivity index (χ3n) is 2.41. The highest BCUT2D eigenvalue weighted by molar-refractivity contribution is 5.51. The summed E-state index contributed by atoms with van der Waals surface area (Å²) in [6.45, 7) is 2.16. The molecule has 0 saturated carbocycles. The Labute approximate surface area is 88.9 Å². The van der Waals surface area contributed by atoms with Gasteiger partial charge in [-0.1, -0.05) is 6.07 Å². The van der Waals surface area contributed by atoms with E-state index >= 15 is 0 Å². The molecule has 0 aromatic heterocycles. The first-order valence-corrected chi connectivity index (χ1v) is 4.96. The predicted molar refractivity (Wildman–Crippen MR) is 56.0 cm³/mol. The van der Waals surface area contributed by atoms with Crippen molar-refractivity contribution in [3.05, 3.63) is 23.3 Å². The van der Waals surface area contributed by atoms with Crippen molar-refractivity contribution in [1.82, 2.24) is 0 Å². The first-order chi connectivity index (χ1) is 7.36. The Hall–Kier alpha value is -1.26. The van der Waals surface area contributed by atoms with Crippen LogP contribution < -0.4 is 15.2 Å². The minimum atomic E-state index is 0.436. The molecule has 0 atom stereocenters. The third-order valence-corrected chi connectivity index (χ3v) is 2.41. The van der Waals surface area contributed by atoms with Crippen LogP contribution in [-0.2, 0) is 17.9 Å². The Morgan fingerprint density at radius 1 is 1.33 bits per heavy atom. The van der Waals surface area contributed by atoms with Crippen molar-refractivity contribution in [3.8, 4) is 11.5 Å². The number of hydrogen-bond acceptors (Lipinski definition) is 4. The number of fused-ring (bicyclic) bond motifs is 1. The highest BCUT2D eigenvalue weighted by atomic mass is 16.6. The van der Waals surface area contributed by atoms with Crippen LogP contribution in [0.5, 0.6) is 11.5 Å². The van der Waals surface area contributed by atoms with Crippen LogP contribution in [0.2, 0.25) is 0 Å². The van der Waals surface area contributed by atoms with Crippen molar-refractivity contribution in [2.24, 2.45) is 5.73 Å². The minimum Gasteiger partial charge on any atom is -0.486 e. The normalized spacial score (nSPS) is 14.0. The number of rotatable bonds is 3. The zero-order chi connectivity index (χ0) is 10.7. The van der Waals surface area contributed by atoms with Crippen molar-refractivity contribution in [3.63, 3.8) is 0 Å². The number of nitrogens with two attached hydrogens (primary N) is 1. The quantitative estimate of drug-likeness (QED) is 0.808. The first kappa shape index (κ1) is 10.3. The monoisotopic (exact) mass is 209 g/mol. The van der Waals surface area contributed by atoms with Crippen molar-refractivity contribution in [1.29, 1.82) is 0 Å². The van der Waals surface area contributed by atoms with Crippen molar-refractivity contribution < 1.29 is 14.2 Å². The zero-order valence-electron chi connectivity index (χ0n) is 8.79. The van der Waals surface area contributed by atoms with E-state index in [1.54, 1.807) is 7.11 Å². The Bertz CT molecular complexity index is 352. The van der Waals surface area contributed by atoms with Gasteiger partial charge in [0, 0.05) is 19.2 Å². The molecule has 15 heavy (non-hydrogen) atoms. The summed E-state index contributed by atoms with van der Waals surface area (Å²) in [5.74, 6) is 1.56. The average Bonchev–Trinajstić information content (AvgIpc) is 2.29. The molecular weight excluding hydrogens is 194 g/mol. The van der Waals surface area contributed by atoms with Crippen LogP contribution in [0.25, 0.3) is 0 Å². The van der Waals surface area contributed by atoms with Gasteiger partial charge in [0.15, 0.2) is 11.5 Å². The fraction of sp³-hybridized carbons (Fsp3) is 0.455. The SMILES string of the molecule is COCc1ccc2c(c1CN)OCCO2. The Balaban J connectivity index is 2.42. The van der Waals surface area contributed by atoms with Gasteiger partial charge >= 0.3 is 0 Å². The molecule has 1 aliphatic heterocycles. The molecule has 0 bridgehead atoms. The molecule has 0 aliphatic carbocycles. The van der Waals surface area contributed by atoms with Crippen molar-refractivity contribution in [2.75, 3.05) is 20.3 Å². The van der Waals surface area contributed by atoms with E-state index in [1.165, 1.54) is 0 Å². The standard InChI is InChI=1S/C11H15NO3/c1-13-7-8-2-3-10-11(9(8)6-12)15-5-4-14-10/h2-3H,4-7,12H2,1H3. The van der Waals surface area contributed by atoms with Gasteiger partial charge in [0.2, 0.25) is 0 Å². The highest BCUT2D eigenvalue weighted by Crippen LogP contribution is 2.35. The first-order valence-electron chi connectivity index (χ1n) is 4.96. The van der Waals surface area contributed by atoms with E-state index in [0.717, 1.165) is 22.6 Å². The molecule has 1 aromatic rings. The topological polar surface area (TPSA) is 53.7 Å². The second-order valence-corrected chi connectivity index (χ2v) is 3.36. The molecule has 0 amide bonds. The van der Waals surface area contributed by atoms with E-state index < -0.39 is 0 Å². The number of ether oxygens (including phenoxy) is 3. The highest BCUT2D eigenvalue weighted by Gasteiger charge is 2.17. The van der Waals surface area contributed by atoms with Gasteiger partial charge in [-0.2, -0.15) is 0 Å². The molecule has 2 rings (SSSR count). The largest absolute Gasteiger partial charge is 0.486 e. The molecule has 1 aromatic carbocycles. The summed E-state index contributed by atoms with van der Waals surface area (Å²) in [5.41, 5.74) is 7.75. The summed E-state index contributed by atoms with van der Waals surface area (Å²) in [5, 5.41) is 0. The van der Waals surface area contributed by atoms with Crippen LogP contribution in [0, 0.1) is 0 Å². The van der Waals surface area contributed by atoms with Crippen LogP contribution in [0.4, 0.5) is 0 Å². The van der Waals surface area contributed by atoms with Crippen LogP contribution in [0.3, 0.4) is 0 Å². The lowest BCUT2D eigenvalue weighted by Crippen LogP contribution is -2.18. The van der Waals surface area contributed by atoms with Gasteiger partial charge in [0.05, 0.1) is 6.61 Å². The molecule has 0 saturated heterocycles. The average molecular weight is 209 g/mol. The van der Waals surface area contributed by atoms with E-state index in [9.17, 15) is 0 Å². The van der Waals surface area contributed by atoms with Gasteiger partial charge < -0.3 is 19.9 Å². The molecule has 2 N–H and O–H groups in total. The summed E-state index contributed by atoms with van der Waals surface area (Å²) < 4.78 is 16.2. The van der Waals surface area contributed by atoms with Gasteiger partial charge in [-0.25, -0.2) is 0 Å². The molecule has 1 aliphatic rings. The smallest absolute Gasteiger partial charge is 0.166 e.